The molecule has 0 radical (unpaired) electrons. The van der Waals surface area contributed by atoms with Crippen molar-refractivity contribution in [3.05, 3.63) is 59.7 Å². The van der Waals surface area contributed by atoms with Crippen LogP contribution in [0.3, 0.4) is 0 Å². The van der Waals surface area contributed by atoms with Gasteiger partial charge in [-0.25, -0.2) is 0 Å². The van der Waals surface area contributed by atoms with Crippen molar-refractivity contribution in [1.29, 1.82) is 0 Å². The number of para-hydroxylation sites is 1. The molecule has 0 spiro atoms. The first kappa shape index (κ1) is 17.8. The minimum atomic E-state index is -0.228. The first-order chi connectivity index (χ1) is 13.3. The molecule has 27 heavy (non-hydrogen) atoms. The normalized spacial score (nSPS) is 16.0. The summed E-state index contributed by atoms with van der Waals surface area (Å²) in [5.41, 5.74) is 1.47. The molecule has 6 heteroatoms. The maximum Gasteiger partial charge on any atom is 0.287 e. The van der Waals surface area contributed by atoms with Crippen LogP contribution >= 0.6 is 0 Å². The lowest BCUT2D eigenvalue weighted by Crippen LogP contribution is -2.36. The number of benzene rings is 1. The van der Waals surface area contributed by atoms with Gasteiger partial charge in [-0.05, 0) is 44.1 Å². The summed E-state index contributed by atoms with van der Waals surface area (Å²) < 4.78 is 16.7. The Labute approximate surface area is 158 Å². The van der Waals surface area contributed by atoms with Crippen molar-refractivity contribution in [1.82, 2.24) is 10.2 Å². The van der Waals surface area contributed by atoms with Crippen molar-refractivity contribution in [2.75, 3.05) is 26.7 Å². The van der Waals surface area contributed by atoms with E-state index in [2.05, 4.69) is 10.2 Å². The van der Waals surface area contributed by atoms with Gasteiger partial charge in [0.2, 0.25) is 0 Å². The average molecular weight is 368 g/mol. The van der Waals surface area contributed by atoms with Gasteiger partial charge in [0.1, 0.15) is 11.3 Å². The molecule has 2 aromatic heterocycles. The number of likely N-dealkylation sites (tertiary alicyclic amines) is 1. The van der Waals surface area contributed by atoms with E-state index >= 15 is 0 Å². The van der Waals surface area contributed by atoms with Crippen LogP contribution in [0.1, 0.15) is 40.8 Å². The lowest BCUT2D eigenvalue weighted by molar-refractivity contribution is 0.0901. The fourth-order valence-electron chi connectivity index (χ4n) is 3.78. The molecule has 1 saturated heterocycles. The molecular weight excluding hydrogens is 344 g/mol. The van der Waals surface area contributed by atoms with E-state index in [1.807, 2.05) is 36.4 Å². The van der Waals surface area contributed by atoms with Crippen molar-refractivity contribution in [3.8, 4) is 0 Å². The molecule has 4 rings (SSSR count). The zero-order valence-corrected chi connectivity index (χ0v) is 15.4. The Hall–Kier alpha value is -2.57. The van der Waals surface area contributed by atoms with Crippen LogP contribution < -0.4 is 5.32 Å². The summed E-state index contributed by atoms with van der Waals surface area (Å²) in [4.78, 5) is 15.2. The average Bonchev–Trinajstić information content (AvgIpc) is 3.44. The minimum Gasteiger partial charge on any atom is -0.468 e. The Morgan fingerprint density at radius 2 is 2.04 bits per heavy atom. The molecule has 1 aliphatic rings. The van der Waals surface area contributed by atoms with Gasteiger partial charge < -0.3 is 18.9 Å². The van der Waals surface area contributed by atoms with Gasteiger partial charge in [-0.1, -0.05) is 18.2 Å². The van der Waals surface area contributed by atoms with E-state index in [0.29, 0.717) is 24.5 Å². The Kier molecular flexibility index (Phi) is 5.27. The molecular formula is C21H24N2O4. The maximum atomic E-state index is 12.9. The zero-order chi connectivity index (χ0) is 18.6. The van der Waals surface area contributed by atoms with Crippen LogP contribution in [-0.2, 0) is 11.3 Å². The SMILES string of the molecule is COCc1c(C(=O)NC[C@@H](c2ccco2)N2CCCC2)oc2ccccc12. The Morgan fingerprint density at radius 3 is 2.78 bits per heavy atom. The number of hydrogen-bond acceptors (Lipinski definition) is 5. The van der Waals surface area contributed by atoms with Gasteiger partial charge in [0.15, 0.2) is 5.76 Å². The Balaban J connectivity index is 1.54. The summed E-state index contributed by atoms with van der Waals surface area (Å²) in [6.07, 6.45) is 4.02. The molecule has 6 nitrogen and oxygen atoms in total. The van der Waals surface area contributed by atoms with E-state index < -0.39 is 0 Å². The van der Waals surface area contributed by atoms with E-state index in [4.69, 9.17) is 13.6 Å². The predicted octanol–water partition coefficient (Wildman–Crippen LogP) is 3.74. The highest BCUT2D eigenvalue weighted by Gasteiger charge is 2.27. The van der Waals surface area contributed by atoms with Crippen LogP contribution in [0.25, 0.3) is 11.0 Å². The number of carbonyl (C=O) groups is 1. The van der Waals surface area contributed by atoms with Crippen LogP contribution in [0.2, 0.25) is 0 Å². The molecule has 0 bridgehead atoms. The predicted molar refractivity (Wildman–Crippen MR) is 102 cm³/mol. The number of ether oxygens (including phenoxy) is 1. The molecule has 1 N–H and O–H groups in total. The quantitative estimate of drug-likeness (QED) is 0.688. The van der Waals surface area contributed by atoms with Crippen LogP contribution in [0, 0.1) is 0 Å². The van der Waals surface area contributed by atoms with Crippen LogP contribution in [0.5, 0.6) is 0 Å². The number of furan rings is 2. The molecule has 1 aromatic carbocycles. The standard InChI is InChI=1S/C21H24N2O4/c1-25-14-16-15-7-2-3-8-18(15)27-20(16)21(24)22-13-17(19-9-6-12-26-19)23-10-4-5-11-23/h2-3,6-9,12,17H,4-5,10-11,13-14H2,1H3,(H,22,24)/t17-/m0/s1. The van der Waals surface area contributed by atoms with Crippen molar-refractivity contribution in [2.45, 2.75) is 25.5 Å². The third kappa shape index (κ3) is 3.63. The van der Waals surface area contributed by atoms with Gasteiger partial charge >= 0.3 is 0 Å². The fraction of sp³-hybridized carbons (Fsp3) is 0.381. The molecule has 3 heterocycles. The second-order valence-corrected chi connectivity index (χ2v) is 6.82. The Morgan fingerprint density at radius 1 is 1.22 bits per heavy atom. The zero-order valence-electron chi connectivity index (χ0n) is 15.4. The van der Waals surface area contributed by atoms with Gasteiger partial charge in [-0.15, -0.1) is 0 Å². The van der Waals surface area contributed by atoms with Crippen LogP contribution in [0.15, 0.2) is 51.5 Å². The van der Waals surface area contributed by atoms with Gasteiger partial charge in [0.05, 0.1) is 18.9 Å². The number of nitrogens with zero attached hydrogens (tertiary/aromatic N) is 1. The van der Waals surface area contributed by atoms with E-state index in [-0.39, 0.29) is 11.9 Å². The first-order valence-electron chi connectivity index (χ1n) is 9.33. The molecule has 1 atom stereocenters. The summed E-state index contributed by atoms with van der Waals surface area (Å²) in [5.74, 6) is 0.964. The highest BCUT2D eigenvalue weighted by Crippen LogP contribution is 2.28. The highest BCUT2D eigenvalue weighted by atomic mass is 16.5. The van der Waals surface area contributed by atoms with E-state index in [9.17, 15) is 4.79 Å². The monoisotopic (exact) mass is 368 g/mol. The molecule has 1 aliphatic heterocycles. The van der Waals surface area contributed by atoms with E-state index in [1.54, 1.807) is 13.4 Å². The number of rotatable bonds is 7. The highest BCUT2D eigenvalue weighted by molar-refractivity contribution is 5.99. The molecule has 0 saturated carbocycles. The van der Waals surface area contributed by atoms with Crippen LogP contribution in [-0.4, -0.2) is 37.6 Å². The molecule has 0 unspecified atom stereocenters. The molecule has 1 amide bonds. The number of carbonyl (C=O) groups excluding carboxylic acids is 1. The third-order valence-electron chi connectivity index (χ3n) is 5.10. The van der Waals surface area contributed by atoms with Crippen molar-refractivity contribution in [3.63, 3.8) is 0 Å². The first-order valence-corrected chi connectivity index (χ1v) is 9.33. The fourth-order valence-corrected chi connectivity index (χ4v) is 3.78. The second kappa shape index (κ2) is 7.98. The lowest BCUT2D eigenvalue weighted by atomic mass is 10.1. The summed E-state index contributed by atoms with van der Waals surface area (Å²) in [6, 6.07) is 11.5. The molecule has 142 valence electrons. The van der Waals surface area contributed by atoms with E-state index in [0.717, 1.165) is 29.8 Å². The number of fused-ring (bicyclic) bond motifs is 1. The van der Waals surface area contributed by atoms with Gasteiger partial charge in [-0.2, -0.15) is 0 Å². The van der Waals surface area contributed by atoms with E-state index in [1.165, 1.54) is 12.8 Å². The molecule has 1 fully saturated rings. The Bertz CT molecular complexity index is 894. The van der Waals surface area contributed by atoms with Crippen LogP contribution in [0.4, 0.5) is 0 Å². The second-order valence-electron chi connectivity index (χ2n) is 6.82. The van der Waals surface area contributed by atoms with Gasteiger partial charge in [-0.3, -0.25) is 9.69 Å². The maximum absolute atomic E-state index is 12.9. The van der Waals surface area contributed by atoms with Gasteiger partial charge in [0, 0.05) is 24.6 Å². The number of hydrogen-bond donors (Lipinski definition) is 1. The summed E-state index contributed by atoms with van der Waals surface area (Å²) in [6.45, 7) is 2.82. The molecule has 3 aromatic rings. The minimum absolute atomic E-state index is 0.0294. The van der Waals surface area contributed by atoms with Crippen molar-refractivity contribution in [2.24, 2.45) is 0 Å². The third-order valence-corrected chi connectivity index (χ3v) is 5.10. The summed E-state index contributed by atoms with van der Waals surface area (Å²) >= 11 is 0. The van der Waals surface area contributed by atoms with Crippen molar-refractivity contribution >= 4 is 16.9 Å². The number of nitrogens with one attached hydrogen (secondary N) is 1. The largest absolute Gasteiger partial charge is 0.468 e. The molecule has 0 aliphatic carbocycles. The smallest absolute Gasteiger partial charge is 0.287 e. The van der Waals surface area contributed by atoms with Gasteiger partial charge in [0.25, 0.3) is 5.91 Å². The lowest BCUT2D eigenvalue weighted by Gasteiger charge is -2.25. The summed E-state index contributed by atoms with van der Waals surface area (Å²) in [5, 5.41) is 3.94. The topological polar surface area (TPSA) is 67.8 Å². The number of methoxy groups -OCH3 is 1. The van der Waals surface area contributed by atoms with Crippen molar-refractivity contribution < 1.29 is 18.4 Å². The summed E-state index contributed by atoms with van der Waals surface area (Å²) in [7, 11) is 1.61. The number of amides is 1.